The van der Waals surface area contributed by atoms with Crippen LogP contribution in [0.25, 0.3) is 0 Å². The van der Waals surface area contributed by atoms with Gasteiger partial charge in [-0.25, -0.2) is 0 Å². The van der Waals surface area contributed by atoms with Crippen LogP contribution in [-0.4, -0.2) is 16.1 Å². The largest absolute Gasteiger partial charge is 0.325 e. The highest BCUT2D eigenvalue weighted by Gasteiger charge is 2.15. The van der Waals surface area contributed by atoms with E-state index in [2.05, 4.69) is 12.2 Å². The van der Waals surface area contributed by atoms with E-state index in [4.69, 9.17) is 0 Å². The smallest absolute Gasteiger partial charge is 0.269 e. The van der Waals surface area contributed by atoms with Gasteiger partial charge in [-0.1, -0.05) is 25.5 Å². The Balaban J connectivity index is 1.90. The monoisotopic (exact) mass is 358 g/mol. The molecule has 0 fully saturated rings. The molecule has 0 saturated carbocycles. The number of nitro benzene ring substituents is 1. The van der Waals surface area contributed by atoms with E-state index in [-0.39, 0.29) is 16.8 Å². The maximum absolute atomic E-state index is 12.3. The lowest BCUT2D eigenvalue weighted by atomic mass is 10.1. The lowest BCUT2D eigenvalue weighted by Crippen LogP contribution is -2.22. The number of aryl methyl sites for hydroxylation is 1. The number of rotatable bonds is 8. The Hall–Kier alpha value is -2.34. The van der Waals surface area contributed by atoms with Crippen molar-refractivity contribution in [1.29, 1.82) is 0 Å². The van der Waals surface area contributed by atoms with E-state index >= 15 is 0 Å². The van der Waals surface area contributed by atoms with Crippen molar-refractivity contribution in [3.8, 4) is 0 Å². The molecule has 2 aromatic rings. The SMILES string of the molecule is CCCCc1ccc(NC(=O)C(C)Sc2ccc([N+](=O)[O-])cc2)cc1. The summed E-state index contributed by atoms with van der Waals surface area (Å²) >= 11 is 1.37. The van der Waals surface area contributed by atoms with Crippen LogP contribution in [0, 0.1) is 10.1 Å². The Morgan fingerprint density at radius 3 is 2.36 bits per heavy atom. The summed E-state index contributed by atoms with van der Waals surface area (Å²) in [4.78, 5) is 23.4. The Bertz CT molecular complexity index is 714. The third kappa shape index (κ3) is 5.90. The van der Waals surface area contributed by atoms with Crippen LogP contribution < -0.4 is 5.32 Å². The van der Waals surface area contributed by atoms with Crippen LogP contribution in [0.2, 0.25) is 0 Å². The zero-order chi connectivity index (χ0) is 18.2. The zero-order valence-electron chi connectivity index (χ0n) is 14.4. The number of unbranched alkanes of at least 4 members (excludes halogenated alkanes) is 1. The van der Waals surface area contributed by atoms with Crippen molar-refractivity contribution in [3.63, 3.8) is 0 Å². The van der Waals surface area contributed by atoms with Crippen LogP contribution in [-0.2, 0) is 11.2 Å². The molecule has 25 heavy (non-hydrogen) atoms. The van der Waals surface area contributed by atoms with Crippen LogP contribution in [0.4, 0.5) is 11.4 Å². The first-order valence-corrected chi connectivity index (χ1v) is 9.18. The van der Waals surface area contributed by atoms with E-state index in [1.165, 1.54) is 29.5 Å². The second kappa shape index (κ2) is 9.22. The Morgan fingerprint density at radius 2 is 1.80 bits per heavy atom. The van der Waals surface area contributed by atoms with Crippen molar-refractivity contribution < 1.29 is 9.72 Å². The van der Waals surface area contributed by atoms with Crippen molar-refractivity contribution in [3.05, 3.63) is 64.2 Å². The van der Waals surface area contributed by atoms with Crippen molar-refractivity contribution in [1.82, 2.24) is 0 Å². The standard InChI is InChI=1S/C19H22N2O3S/c1-3-4-5-15-6-8-16(9-7-15)20-19(22)14(2)25-18-12-10-17(11-13-18)21(23)24/h6-14H,3-5H2,1-2H3,(H,20,22). The molecule has 2 rings (SSSR count). The summed E-state index contributed by atoms with van der Waals surface area (Å²) in [7, 11) is 0. The summed E-state index contributed by atoms with van der Waals surface area (Å²) in [5.41, 5.74) is 2.10. The van der Waals surface area contributed by atoms with Gasteiger partial charge in [-0.2, -0.15) is 0 Å². The highest BCUT2D eigenvalue weighted by atomic mass is 32.2. The molecule has 5 nitrogen and oxygen atoms in total. The predicted octanol–water partition coefficient (Wildman–Crippen LogP) is 5.06. The lowest BCUT2D eigenvalue weighted by molar-refractivity contribution is -0.384. The molecule has 1 unspecified atom stereocenters. The Morgan fingerprint density at radius 1 is 1.16 bits per heavy atom. The summed E-state index contributed by atoms with van der Waals surface area (Å²) in [5, 5.41) is 13.3. The quantitative estimate of drug-likeness (QED) is 0.407. The number of nitrogens with zero attached hydrogens (tertiary/aromatic N) is 1. The molecule has 0 radical (unpaired) electrons. The minimum atomic E-state index is -0.436. The maximum Gasteiger partial charge on any atom is 0.269 e. The van der Waals surface area contributed by atoms with Crippen molar-refractivity contribution in [2.24, 2.45) is 0 Å². The van der Waals surface area contributed by atoms with Gasteiger partial charge in [0, 0.05) is 22.7 Å². The van der Waals surface area contributed by atoms with Crippen molar-refractivity contribution in [2.45, 2.75) is 43.3 Å². The number of carbonyl (C=O) groups is 1. The van der Waals surface area contributed by atoms with Crippen LogP contribution in [0.5, 0.6) is 0 Å². The lowest BCUT2D eigenvalue weighted by Gasteiger charge is -2.12. The van der Waals surface area contributed by atoms with Gasteiger partial charge in [-0.3, -0.25) is 14.9 Å². The van der Waals surface area contributed by atoms with Gasteiger partial charge in [0.2, 0.25) is 5.91 Å². The highest BCUT2D eigenvalue weighted by Crippen LogP contribution is 2.26. The summed E-state index contributed by atoms with van der Waals surface area (Å²) in [6.07, 6.45) is 3.38. The number of thioether (sulfide) groups is 1. The Labute approximate surface area is 152 Å². The van der Waals surface area contributed by atoms with Gasteiger partial charge >= 0.3 is 0 Å². The first kappa shape index (κ1) is 19.0. The third-order valence-electron chi connectivity index (χ3n) is 3.77. The number of nitro groups is 1. The molecule has 0 bridgehead atoms. The molecular weight excluding hydrogens is 336 g/mol. The molecule has 2 aromatic carbocycles. The molecule has 0 spiro atoms. The van der Waals surface area contributed by atoms with Crippen LogP contribution >= 0.6 is 11.8 Å². The first-order valence-electron chi connectivity index (χ1n) is 8.30. The predicted molar refractivity (Wildman–Crippen MR) is 102 cm³/mol. The molecule has 0 aliphatic heterocycles. The second-order valence-corrected chi connectivity index (χ2v) is 7.22. The summed E-state index contributed by atoms with van der Waals surface area (Å²) < 4.78 is 0. The van der Waals surface area contributed by atoms with Crippen LogP contribution in [0.15, 0.2) is 53.4 Å². The minimum Gasteiger partial charge on any atom is -0.325 e. The van der Waals surface area contributed by atoms with Gasteiger partial charge in [-0.15, -0.1) is 11.8 Å². The molecule has 1 N–H and O–H groups in total. The molecule has 6 heteroatoms. The molecule has 0 heterocycles. The van der Waals surface area contributed by atoms with Crippen molar-refractivity contribution >= 4 is 29.0 Å². The fraction of sp³-hybridized carbons (Fsp3) is 0.316. The van der Waals surface area contributed by atoms with E-state index in [0.717, 1.165) is 29.8 Å². The topological polar surface area (TPSA) is 72.2 Å². The van der Waals surface area contributed by atoms with E-state index < -0.39 is 4.92 Å². The van der Waals surface area contributed by atoms with Crippen LogP contribution in [0.1, 0.15) is 32.3 Å². The van der Waals surface area contributed by atoms with Gasteiger partial charge in [0.05, 0.1) is 10.2 Å². The number of nitrogens with one attached hydrogen (secondary N) is 1. The maximum atomic E-state index is 12.3. The van der Waals surface area contributed by atoms with E-state index in [0.29, 0.717) is 0 Å². The molecule has 1 amide bonds. The molecule has 1 atom stereocenters. The molecule has 132 valence electrons. The number of hydrogen-bond donors (Lipinski definition) is 1. The molecule has 0 saturated heterocycles. The highest BCUT2D eigenvalue weighted by molar-refractivity contribution is 8.00. The van der Waals surface area contributed by atoms with E-state index in [1.807, 2.05) is 31.2 Å². The third-order valence-corrected chi connectivity index (χ3v) is 4.88. The number of anilines is 1. The fourth-order valence-electron chi connectivity index (χ4n) is 2.28. The van der Waals surface area contributed by atoms with E-state index in [1.54, 1.807) is 12.1 Å². The molecule has 0 aliphatic rings. The van der Waals surface area contributed by atoms with Gasteiger partial charge in [0.1, 0.15) is 0 Å². The summed E-state index contributed by atoms with van der Waals surface area (Å²) in [6, 6.07) is 14.1. The van der Waals surface area contributed by atoms with Gasteiger partial charge < -0.3 is 5.32 Å². The van der Waals surface area contributed by atoms with Crippen molar-refractivity contribution in [2.75, 3.05) is 5.32 Å². The average molecular weight is 358 g/mol. The summed E-state index contributed by atoms with van der Waals surface area (Å²) in [6.45, 7) is 3.98. The fourth-order valence-corrected chi connectivity index (χ4v) is 3.15. The Kier molecular flexibility index (Phi) is 7.01. The number of non-ortho nitro benzene ring substituents is 1. The second-order valence-electron chi connectivity index (χ2n) is 5.80. The average Bonchev–Trinajstić information content (AvgIpc) is 2.61. The molecule has 0 aliphatic carbocycles. The number of amides is 1. The summed E-state index contributed by atoms with van der Waals surface area (Å²) in [5.74, 6) is -0.0929. The normalized spacial score (nSPS) is 11.8. The van der Waals surface area contributed by atoms with Crippen LogP contribution in [0.3, 0.4) is 0 Å². The van der Waals surface area contributed by atoms with Gasteiger partial charge in [0.25, 0.3) is 5.69 Å². The van der Waals surface area contributed by atoms with E-state index in [9.17, 15) is 14.9 Å². The number of benzene rings is 2. The van der Waals surface area contributed by atoms with Gasteiger partial charge in [-0.05, 0) is 49.6 Å². The number of carbonyl (C=O) groups excluding carboxylic acids is 1. The first-order chi connectivity index (χ1) is 12.0. The minimum absolute atomic E-state index is 0.0459. The van der Waals surface area contributed by atoms with Gasteiger partial charge in [0.15, 0.2) is 0 Å². The number of hydrogen-bond acceptors (Lipinski definition) is 4. The molecular formula is C19H22N2O3S. The zero-order valence-corrected chi connectivity index (χ0v) is 15.2. The molecule has 0 aromatic heterocycles.